The molecule has 11 heavy (non-hydrogen) atoms. The van der Waals surface area contributed by atoms with E-state index in [9.17, 15) is 0 Å². The molecule has 4 heteroatoms. The van der Waals surface area contributed by atoms with Crippen LogP contribution in [-0.2, 0) is 0 Å². The molecule has 0 aliphatic carbocycles. The Balaban J connectivity index is 3.87. The minimum Gasteiger partial charge on any atom is -0.327 e. The Bertz CT molecular complexity index is 146. The van der Waals surface area contributed by atoms with Crippen LogP contribution in [-0.4, -0.2) is 10.6 Å². The fourth-order valence-electron chi connectivity index (χ4n) is 0.495. The van der Waals surface area contributed by atoms with Crippen LogP contribution >= 0.6 is 22.6 Å². The lowest BCUT2D eigenvalue weighted by Crippen LogP contribution is -2.01. The summed E-state index contributed by atoms with van der Waals surface area (Å²) in [5.41, 5.74) is 6.56. The first-order valence-corrected chi connectivity index (χ1v) is 4.87. The van der Waals surface area contributed by atoms with E-state index in [4.69, 9.17) is 5.73 Å². The van der Waals surface area contributed by atoms with Crippen LogP contribution in [0.1, 0.15) is 20.3 Å². The Hall–Kier alpha value is 0.0300. The van der Waals surface area contributed by atoms with Crippen LogP contribution in [0.25, 0.3) is 0 Å². The molecule has 0 amide bonds. The Morgan fingerprint density at radius 1 is 1.73 bits per heavy atom. The van der Waals surface area contributed by atoms with Gasteiger partial charge in [-0.05, 0) is 18.9 Å². The van der Waals surface area contributed by atoms with Gasteiger partial charge in [-0.15, -0.1) is 0 Å². The lowest BCUT2D eigenvalue weighted by atomic mass is 10.2. The maximum absolute atomic E-state index is 5.43. The molecule has 0 aromatic carbocycles. The number of rotatable bonds is 4. The predicted octanol–water partition coefficient (Wildman–Crippen LogP) is 2.47. The molecule has 0 aliphatic heterocycles. The van der Waals surface area contributed by atoms with Gasteiger partial charge in [-0.1, -0.05) is 29.5 Å². The molecular weight excluding hydrogens is 253 g/mol. The molecule has 0 saturated carbocycles. The molecular formula is C7H14IN3. The molecule has 0 spiro atoms. The summed E-state index contributed by atoms with van der Waals surface area (Å²) in [6.45, 7) is 4.61. The smallest absolute Gasteiger partial charge is 0.119 e. The van der Waals surface area contributed by atoms with Crippen molar-refractivity contribution in [2.75, 3.05) is 6.54 Å². The van der Waals surface area contributed by atoms with Crippen LogP contribution in [0.2, 0.25) is 0 Å². The summed E-state index contributed by atoms with van der Waals surface area (Å²) in [5.74, 6) is 0. The van der Waals surface area contributed by atoms with Gasteiger partial charge < -0.3 is 5.73 Å². The first-order chi connectivity index (χ1) is 5.20. The third-order valence-electron chi connectivity index (χ3n) is 1.18. The van der Waals surface area contributed by atoms with Crippen molar-refractivity contribution in [3.8, 4) is 0 Å². The van der Waals surface area contributed by atoms with Gasteiger partial charge in [-0.2, -0.15) is 10.2 Å². The highest BCUT2D eigenvalue weighted by atomic mass is 127. The summed E-state index contributed by atoms with van der Waals surface area (Å²) >= 11 is 2.19. The van der Waals surface area contributed by atoms with E-state index in [0.29, 0.717) is 6.54 Å². The number of alkyl halides is 1. The van der Waals surface area contributed by atoms with Gasteiger partial charge in [0.05, 0.1) is 0 Å². The van der Waals surface area contributed by atoms with Crippen molar-refractivity contribution in [3.63, 3.8) is 0 Å². The second-order valence-corrected chi connectivity index (χ2v) is 3.95. The summed E-state index contributed by atoms with van der Waals surface area (Å²) in [6.07, 6.45) is 2.69. The second-order valence-electron chi connectivity index (χ2n) is 2.15. The van der Waals surface area contributed by atoms with E-state index in [1.165, 1.54) is 0 Å². The molecule has 3 nitrogen and oxygen atoms in total. The standard InChI is InChI=1S/C7H14IN3/c1-3-7(4-9)5-10-11-6(2)8/h5-6H,3-4,9H2,1-2H3/b7-5+,11-10-/t6-/m0/s1. The minimum absolute atomic E-state index is 0.236. The van der Waals surface area contributed by atoms with E-state index in [1.807, 2.05) is 6.92 Å². The number of hydrogen-bond acceptors (Lipinski definition) is 3. The number of nitrogens with two attached hydrogens (primary N) is 1. The van der Waals surface area contributed by atoms with Crippen LogP contribution in [0, 0.1) is 0 Å². The lowest BCUT2D eigenvalue weighted by Gasteiger charge is -1.95. The molecule has 0 heterocycles. The predicted molar refractivity (Wildman–Crippen MR) is 55.8 cm³/mol. The Morgan fingerprint density at radius 3 is 2.73 bits per heavy atom. The number of nitrogens with zero attached hydrogens (tertiary/aromatic N) is 2. The molecule has 0 aliphatic rings. The van der Waals surface area contributed by atoms with Gasteiger partial charge in [0.2, 0.25) is 0 Å². The highest BCUT2D eigenvalue weighted by molar-refractivity contribution is 14.1. The van der Waals surface area contributed by atoms with Crippen molar-refractivity contribution in [1.82, 2.24) is 0 Å². The number of halogens is 1. The third kappa shape index (κ3) is 6.43. The maximum atomic E-state index is 5.43. The topological polar surface area (TPSA) is 50.7 Å². The Morgan fingerprint density at radius 2 is 2.36 bits per heavy atom. The zero-order valence-electron chi connectivity index (χ0n) is 6.92. The first kappa shape index (κ1) is 11.0. The average molecular weight is 267 g/mol. The fourth-order valence-corrected chi connectivity index (χ4v) is 0.639. The zero-order chi connectivity index (χ0) is 8.69. The molecule has 0 radical (unpaired) electrons. The van der Waals surface area contributed by atoms with Gasteiger partial charge in [0.25, 0.3) is 0 Å². The number of hydrogen-bond donors (Lipinski definition) is 1. The van der Waals surface area contributed by atoms with Crippen LogP contribution < -0.4 is 5.73 Å². The SMILES string of the molecule is CC/C(=C\N=N/[C@@H](C)I)CN. The molecule has 2 N–H and O–H groups in total. The van der Waals surface area contributed by atoms with Gasteiger partial charge in [0.15, 0.2) is 0 Å². The van der Waals surface area contributed by atoms with Gasteiger partial charge >= 0.3 is 0 Å². The molecule has 0 saturated heterocycles. The summed E-state index contributed by atoms with van der Waals surface area (Å²) in [6, 6.07) is 0. The van der Waals surface area contributed by atoms with Crippen molar-refractivity contribution in [2.24, 2.45) is 16.0 Å². The average Bonchev–Trinajstić information content (AvgIpc) is 1.98. The molecule has 0 rings (SSSR count). The van der Waals surface area contributed by atoms with Crippen molar-refractivity contribution in [1.29, 1.82) is 0 Å². The molecule has 0 unspecified atom stereocenters. The molecule has 0 fully saturated rings. The van der Waals surface area contributed by atoms with E-state index in [1.54, 1.807) is 6.20 Å². The molecule has 64 valence electrons. The maximum Gasteiger partial charge on any atom is 0.119 e. The summed E-state index contributed by atoms with van der Waals surface area (Å²) in [7, 11) is 0. The Kier molecular flexibility index (Phi) is 6.74. The van der Waals surface area contributed by atoms with Crippen molar-refractivity contribution < 1.29 is 0 Å². The van der Waals surface area contributed by atoms with E-state index in [2.05, 4.69) is 39.7 Å². The fraction of sp³-hybridized carbons (Fsp3) is 0.714. The molecule has 0 aromatic heterocycles. The van der Waals surface area contributed by atoms with Crippen molar-refractivity contribution in [2.45, 2.75) is 24.3 Å². The highest BCUT2D eigenvalue weighted by Crippen LogP contribution is 2.02. The van der Waals surface area contributed by atoms with Crippen LogP contribution in [0.4, 0.5) is 0 Å². The monoisotopic (exact) mass is 267 g/mol. The molecule has 0 aromatic rings. The van der Waals surface area contributed by atoms with Gasteiger partial charge in [0, 0.05) is 12.7 Å². The third-order valence-corrected chi connectivity index (χ3v) is 1.43. The number of azo groups is 1. The second kappa shape index (κ2) is 6.72. The van der Waals surface area contributed by atoms with E-state index in [0.717, 1.165) is 12.0 Å². The van der Waals surface area contributed by atoms with Crippen LogP contribution in [0.3, 0.4) is 0 Å². The quantitative estimate of drug-likeness (QED) is 0.362. The zero-order valence-corrected chi connectivity index (χ0v) is 9.08. The van der Waals surface area contributed by atoms with E-state index < -0.39 is 0 Å². The lowest BCUT2D eigenvalue weighted by molar-refractivity contribution is 0.939. The molecule has 1 atom stereocenters. The summed E-state index contributed by atoms with van der Waals surface area (Å²) < 4.78 is 0.236. The van der Waals surface area contributed by atoms with Crippen molar-refractivity contribution >= 4 is 22.6 Å². The summed E-state index contributed by atoms with van der Waals surface area (Å²) in [4.78, 5) is 0. The molecule has 0 bridgehead atoms. The highest BCUT2D eigenvalue weighted by Gasteiger charge is 1.88. The van der Waals surface area contributed by atoms with E-state index >= 15 is 0 Å². The minimum atomic E-state index is 0.236. The van der Waals surface area contributed by atoms with Gasteiger partial charge in [-0.3, -0.25) is 0 Å². The Labute approximate surface area is 81.3 Å². The first-order valence-electron chi connectivity index (χ1n) is 3.62. The van der Waals surface area contributed by atoms with Crippen LogP contribution in [0.5, 0.6) is 0 Å². The van der Waals surface area contributed by atoms with Gasteiger partial charge in [-0.25, -0.2) is 0 Å². The van der Waals surface area contributed by atoms with Crippen molar-refractivity contribution in [3.05, 3.63) is 11.8 Å². The van der Waals surface area contributed by atoms with E-state index in [-0.39, 0.29) is 4.05 Å². The van der Waals surface area contributed by atoms with Gasteiger partial charge in [0.1, 0.15) is 4.05 Å². The summed E-state index contributed by atoms with van der Waals surface area (Å²) in [5, 5.41) is 7.83. The normalized spacial score (nSPS) is 15.8. The largest absolute Gasteiger partial charge is 0.327 e. The van der Waals surface area contributed by atoms with Crippen LogP contribution in [0.15, 0.2) is 22.0 Å².